The van der Waals surface area contributed by atoms with Gasteiger partial charge in [-0.3, -0.25) is 9.79 Å². The van der Waals surface area contributed by atoms with E-state index in [0.717, 1.165) is 16.4 Å². The summed E-state index contributed by atoms with van der Waals surface area (Å²) in [5.41, 5.74) is 7.05. The van der Waals surface area contributed by atoms with Crippen LogP contribution in [0.15, 0.2) is 34.6 Å². The summed E-state index contributed by atoms with van der Waals surface area (Å²) in [7, 11) is 5.66. The molecule has 0 spiro atoms. The first-order valence-electron chi connectivity index (χ1n) is 8.04. The van der Waals surface area contributed by atoms with Crippen molar-refractivity contribution in [3.8, 4) is 5.75 Å². The minimum Gasteiger partial charge on any atom is -0.484 e. The van der Waals surface area contributed by atoms with Crippen LogP contribution in [0.5, 0.6) is 5.75 Å². The number of carbonyl (C=O) groups excluding carboxylic acids is 1. The zero-order valence-corrected chi connectivity index (χ0v) is 18.7. The molecule has 0 fully saturated rings. The third-order valence-corrected chi connectivity index (χ3v) is 4.38. The zero-order chi connectivity index (χ0) is 18.9. The second-order valence-electron chi connectivity index (χ2n) is 5.70. The Morgan fingerprint density at radius 3 is 2.70 bits per heavy atom. The summed E-state index contributed by atoms with van der Waals surface area (Å²) < 4.78 is 5.31. The van der Waals surface area contributed by atoms with Gasteiger partial charge in [-0.1, -0.05) is 12.1 Å². The van der Waals surface area contributed by atoms with Crippen molar-refractivity contribution < 1.29 is 9.53 Å². The lowest BCUT2D eigenvalue weighted by Crippen LogP contribution is -2.36. The molecule has 0 radical (unpaired) electrons. The minimum absolute atomic E-state index is 0. The summed E-state index contributed by atoms with van der Waals surface area (Å²) in [5.74, 6) is 0.773. The van der Waals surface area contributed by atoms with Crippen LogP contribution in [0.4, 0.5) is 5.13 Å². The second kappa shape index (κ2) is 11.6. The Morgan fingerprint density at radius 1 is 1.33 bits per heavy atom. The van der Waals surface area contributed by atoms with Crippen LogP contribution in [-0.4, -0.2) is 44.6 Å². The number of ether oxygens (including phenoxy) is 1. The molecule has 0 aliphatic rings. The molecule has 0 unspecified atom stereocenters. The third kappa shape index (κ3) is 7.99. The van der Waals surface area contributed by atoms with Gasteiger partial charge in [0, 0.05) is 33.1 Å². The fourth-order valence-corrected chi connectivity index (χ4v) is 2.82. The number of halogens is 1. The Hall–Kier alpha value is -2.08. The molecular formula is C17H25IN6O2S. The molecule has 27 heavy (non-hydrogen) atoms. The van der Waals surface area contributed by atoms with Gasteiger partial charge in [0.05, 0.1) is 12.2 Å². The second-order valence-corrected chi connectivity index (χ2v) is 6.53. The predicted octanol–water partition coefficient (Wildman–Crippen LogP) is 1.56. The molecule has 8 nitrogen and oxygen atoms in total. The van der Waals surface area contributed by atoms with E-state index < -0.39 is 5.91 Å². The zero-order valence-electron chi connectivity index (χ0n) is 15.6. The number of aromatic nitrogens is 1. The highest BCUT2D eigenvalue weighted by molar-refractivity contribution is 14.0. The van der Waals surface area contributed by atoms with Gasteiger partial charge in [0.25, 0.3) is 5.91 Å². The maximum atomic E-state index is 10.8. The number of rotatable bonds is 8. The highest BCUT2D eigenvalue weighted by atomic mass is 127. The molecule has 0 atom stereocenters. The molecule has 1 aromatic carbocycles. The van der Waals surface area contributed by atoms with Crippen molar-refractivity contribution in [1.82, 2.24) is 15.6 Å². The van der Waals surface area contributed by atoms with Crippen LogP contribution in [0.1, 0.15) is 11.3 Å². The van der Waals surface area contributed by atoms with Gasteiger partial charge in [-0.05, 0) is 17.7 Å². The maximum Gasteiger partial charge on any atom is 0.255 e. The standard InChI is InChI=1S/C17H24N6O2S.HI/c1-19-16(21-9-13-11-26-17(22-13)23(2)3)20-8-12-5-4-6-14(7-12)25-10-15(18)24;/h4-7,11H,8-10H2,1-3H3,(H2,18,24)(H2,19,20,21);1H. The quantitative estimate of drug-likeness (QED) is 0.287. The topological polar surface area (TPSA) is 105 Å². The average molecular weight is 504 g/mol. The summed E-state index contributed by atoms with van der Waals surface area (Å²) in [6.45, 7) is 1.02. The lowest BCUT2D eigenvalue weighted by molar-refractivity contribution is -0.119. The Labute approximate surface area is 180 Å². The number of nitrogens with two attached hydrogens (primary N) is 1. The molecule has 148 valence electrons. The normalized spacial score (nSPS) is 10.7. The lowest BCUT2D eigenvalue weighted by Gasteiger charge is -2.12. The molecule has 0 aliphatic heterocycles. The van der Waals surface area contributed by atoms with E-state index in [4.69, 9.17) is 10.5 Å². The molecule has 0 aliphatic carbocycles. The number of guanidine groups is 1. The summed E-state index contributed by atoms with van der Waals surface area (Å²) in [6, 6.07) is 7.46. The van der Waals surface area contributed by atoms with Crippen molar-refractivity contribution in [3.63, 3.8) is 0 Å². The van der Waals surface area contributed by atoms with E-state index in [0.29, 0.717) is 24.8 Å². The molecule has 1 heterocycles. The third-order valence-electron chi connectivity index (χ3n) is 3.32. The molecule has 0 saturated carbocycles. The Bertz CT molecular complexity index is 765. The number of benzene rings is 1. The first-order chi connectivity index (χ1) is 12.5. The van der Waals surface area contributed by atoms with Crippen molar-refractivity contribution in [2.45, 2.75) is 13.1 Å². The van der Waals surface area contributed by atoms with Gasteiger partial charge in [0.1, 0.15) is 5.75 Å². The SMILES string of the molecule is CN=C(NCc1cccc(OCC(N)=O)c1)NCc1csc(N(C)C)n1.I. The summed E-state index contributed by atoms with van der Waals surface area (Å²) >= 11 is 1.60. The van der Waals surface area contributed by atoms with Crippen LogP contribution in [0.2, 0.25) is 0 Å². The number of nitrogens with zero attached hydrogens (tertiary/aromatic N) is 3. The Balaban J connectivity index is 0.00000364. The molecule has 1 aromatic heterocycles. The summed E-state index contributed by atoms with van der Waals surface area (Å²) in [5, 5.41) is 9.46. The van der Waals surface area contributed by atoms with Crippen molar-refractivity contribution in [2.24, 2.45) is 10.7 Å². The Kier molecular flexibility index (Phi) is 9.86. The van der Waals surface area contributed by atoms with Crippen LogP contribution >= 0.6 is 35.3 Å². The fourth-order valence-electron chi connectivity index (χ4n) is 2.06. The number of nitrogens with one attached hydrogen (secondary N) is 2. The van der Waals surface area contributed by atoms with Gasteiger partial charge < -0.3 is 26.0 Å². The van der Waals surface area contributed by atoms with E-state index in [9.17, 15) is 4.79 Å². The number of anilines is 1. The lowest BCUT2D eigenvalue weighted by atomic mass is 10.2. The molecule has 2 rings (SSSR count). The minimum atomic E-state index is -0.502. The fraction of sp³-hybridized carbons (Fsp3) is 0.353. The summed E-state index contributed by atoms with van der Waals surface area (Å²) in [4.78, 5) is 21.5. The van der Waals surface area contributed by atoms with Gasteiger partial charge in [-0.2, -0.15) is 0 Å². The van der Waals surface area contributed by atoms with Crippen molar-refractivity contribution in [3.05, 3.63) is 40.9 Å². The van der Waals surface area contributed by atoms with Crippen LogP contribution in [0, 0.1) is 0 Å². The molecular weight excluding hydrogens is 479 g/mol. The number of amides is 1. The average Bonchev–Trinajstić information content (AvgIpc) is 3.10. The van der Waals surface area contributed by atoms with Gasteiger partial charge in [-0.15, -0.1) is 35.3 Å². The van der Waals surface area contributed by atoms with E-state index >= 15 is 0 Å². The van der Waals surface area contributed by atoms with Crippen LogP contribution in [0.3, 0.4) is 0 Å². The highest BCUT2D eigenvalue weighted by Gasteiger charge is 2.05. The monoisotopic (exact) mass is 504 g/mol. The first-order valence-corrected chi connectivity index (χ1v) is 8.92. The molecule has 10 heteroatoms. The molecule has 0 saturated heterocycles. The van der Waals surface area contributed by atoms with Gasteiger partial charge in [-0.25, -0.2) is 4.98 Å². The number of aliphatic imine (C=N–C) groups is 1. The number of hydrogen-bond acceptors (Lipinski definition) is 6. The van der Waals surface area contributed by atoms with E-state index in [-0.39, 0.29) is 30.6 Å². The highest BCUT2D eigenvalue weighted by Crippen LogP contribution is 2.17. The van der Waals surface area contributed by atoms with Crippen molar-refractivity contribution in [1.29, 1.82) is 0 Å². The van der Waals surface area contributed by atoms with Gasteiger partial charge in [0.15, 0.2) is 17.7 Å². The largest absolute Gasteiger partial charge is 0.484 e. The number of primary amides is 1. The number of thiazole rings is 1. The number of carbonyl (C=O) groups is 1. The van der Waals surface area contributed by atoms with Gasteiger partial charge >= 0.3 is 0 Å². The van der Waals surface area contributed by atoms with Crippen LogP contribution < -0.4 is 26.0 Å². The number of hydrogen-bond donors (Lipinski definition) is 3. The predicted molar refractivity (Wildman–Crippen MR) is 120 cm³/mol. The van der Waals surface area contributed by atoms with E-state index in [1.165, 1.54) is 0 Å². The van der Waals surface area contributed by atoms with Gasteiger partial charge in [0.2, 0.25) is 0 Å². The van der Waals surface area contributed by atoms with E-state index in [1.807, 2.05) is 42.6 Å². The molecule has 4 N–H and O–H groups in total. The van der Waals surface area contributed by atoms with E-state index in [1.54, 1.807) is 24.5 Å². The summed E-state index contributed by atoms with van der Waals surface area (Å²) in [6.07, 6.45) is 0. The molecule has 2 aromatic rings. The first kappa shape index (κ1) is 23.0. The smallest absolute Gasteiger partial charge is 0.255 e. The molecule has 0 bridgehead atoms. The van der Waals surface area contributed by atoms with E-state index in [2.05, 4.69) is 20.6 Å². The van der Waals surface area contributed by atoms with Crippen LogP contribution in [-0.2, 0) is 17.9 Å². The van der Waals surface area contributed by atoms with Crippen molar-refractivity contribution >= 4 is 52.3 Å². The van der Waals surface area contributed by atoms with Crippen LogP contribution in [0.25, 0.3) is 0 Å². The molecule has 1 amide bonds. The maximum absolute atomic E-state index is 10.8. The van der Waals surface area contributed by atoms with Crippen molar-refractivity contribution in [2.75, 3.05) is 32.6 Å². The Morgan fingerprint density at radius 2 is 2.07 bits per heavy atom.